The third-order valence-electron chi connectivity index (χ3n) is 20.1. The molecule has 0 N–H and O–H groups in total. The Morgan fingerprint density at radius 3 is 0.863 bits per heavy atom. The quantitative estimate of drug-likeness (QED) is 0.122. The van der Waals surface area contributed by atoms with Crippen molar-refractivity contribution in [1.82, 2.24) is 0 Å². The first-order valence-electron chi connectivity index (χ1n) is 35.6. The maximum absolute atomic E-state index is 6.27. The summed E-state index contributed by atoms with van der Waals surface area (Å²) in [6.07, 6.45) is 0. The van der Waals surface area contributed by atoms with E-state index in [1.165, 1.54) is 100 Å². The topological polar surface area (TPSA) is 39.4 Å². The van der Waals surface area contributed by atoms with Gasteiger partial charge in [0, 0.05) is 37.9 Å². The van der Waals surface area contributed by atoms with Crippen LogP contribution in [0, 0.1) is 0 Å². The van der Waals surface area contributed by atoms with Crippen LogP contribution in [0.25, 0.3) is 166 Å². The number of rotatable bonds is 12. The van der Waals surface area contributed by atoms with Crippen molar-refractivity contribution in [1.29, 1.82) is 0 Å². The Balaban J connectivity index is 0.000000118. The van der Waals surface area contributed by atoms with E-state index < -0.39 is 0 Å². The standard InChI is InChI=1S/3C33H26O/c1-22(2)23-13-15-24(16-14-23)25-17-19-26(20-18-25)27-7-5-8-28(21-27)29-10-6-11-31-30-9-3-4-12-32(30)34-33(29)31;1-22(2)23-10-12-24(13-11-23)25-14-16-26(17-15-25)27-6-5-7-28(20-27)29-18-19-33-31(21-29)30-8-3-4-9-32(30)34-33;1-22(2)23-10-12-24(13-11-23)25-14-16-26(17-15-25)27-6-5-7-28(20-27)29-18-19-31-30-8-3-4-9-32(30)34-33(31)21-29/h3*3-22H,1-2H3. The van der Waals surface area contributed by atoms with Gasteiger partial charge in [-0.1, -0.05) is 327 Å². The summed E-state index contributed by atoms with van der Waals surface area (Å²) in [5, 5.41) is 6.96. The van der Waals surface area contributed by atoms with Gasteiger partial charge in [-0.15, -0.1) is 0 Å². The van der Waals surface area contributed by atoms with Crippen molar-refractivity contribution in [2.75, 3.05) is 0 Å². The summed E-state index contributed by atoms with van der Waals surface area (Å²) in [6.45, 7) is 13.4. The molecule has 0 radical (unpaired) electrons. The molecule has 0 saturated heterocycles. The Hall–Kier alpha value is -12.3. The van der Waals surface area contributed by atoms with Gasteiger partial charge >= 0.3 is 0 Å². The van der Waals surface area contributed by atoms with Crippen molar-refractivity contribution in [2.45, 2.75) is 59.3 Å². The van der Waals surface area contributed by atoms with E-state index in [-0.39, 0.29) is 0 Å². The van der Waals surface area contributed by atoms with Gasteiger partial charge in [-0.3, -0.25) is 0 Å². The summed E-state index contributed by atoms with van der Waals surface area (Å²) in [5.41, 5.74) is 31.5. The van der Waals surface area contributed by atoms with Crippen LogP contribution in [0.1, 0.15) is 76.0 Å². The number of hydrogen-bond donors (Lipinski definition) is 0. The average Bonchev–Trinajstić information content (AvgIpc) is 1.62. The van der Waals surface area contributed by atoms with E-state index in [0.717, 1.165) is 82.5 Å². The zero-order valence-corrected chi connectivity index (χ0v) is 58.4. The highest BCUT2D eigenvalue weighted by molar-refractivity contribution is 6.10. The van der Waals surface area contributed by atoms with Crippen molar-refractivity contribution < 1.29 is 13.3 Å². The molecule has 0 fully saturated rings. The third kappa shape index (κ3) is 13.3. The molecule has 492 valence electrons. The lowest BCUT2D eigenvalue weighted by atomic mass is 9.95. The first-order valence-corrected chi connectivity index (χ1v) is 35.6. The summed E-state index contributed by atoms with van der Waals surface area (Å²) in [7, 11) is 0. The fourth-order valence-electron chi connectivity index (χ4n) is 14.2. The summed E-state index contributed by atoms with van der Waals surface area (Å²) in [4.78, 5) is 0. The summed E-state index contributed by atoms with van der Waals surface area (Å²) >= 11 is 0. The summed E-state index contributed by atoms with van der Waals surface area (Å²) < 4.78 is 18.4. The summed E-state index contributed by atoms with van der Waals surface area (Å²) in [5.74, 6) is 1.65. The molecule has 3 heterocycles. The molecular weight excluding hydrogens is 1240 g/mol. The lowest BCUT2D eigenvalue weighted by Gasteiger charge is -2.09. The maximum atomic E-state index is 6.27. The minimum absolute atomic E-state index is 0.550. The van der Waals surface area contributed by atoms with Crippen LogP contribution in [-0.4, -0.2) is 0 Å². The van der Waals surface area contributed by atoms with Gasteiger partial charge < -0.3 is 13.3 Å². The average molecular weight is 1320 g/mol. The second-order valence-electron chi connectivity index (χ2n) is 27.7. The Morgan fingerprint density at radius 2 is 0.431 bits per heavy atom. The van der Waals surface area contributed by atoms with Crippen LogP contribution in [0.2, 0.25) is 0 Å². The largest absolute Gasteiger partial charge is 0.456 e. The number of benzene rings is 15. The van der Waals surface area contributed by atoms with Gasteiger partial charge in [0.25, 0.3) is 0 Å². The van der Waals surface area contributed by atoms with E-state index in [1.54, 1.807) is 0 Å². The fraction of sp³-hybridized carbons (Fsp3) is 0.0909. The highest BCUT2D eigenvalue weighted by atomic mass is 16.3. The minimum atomic E-state index is 0.550. The first-order chi connectivity index (χ1) is 50.0. The summed E-state index contributed by atoms with van der Waals surface area (Å²) in [6, 6.07) is 124. The van der Waals surface area contributed by atoms with E-state index >= 15 is 0 Å². The van der Waals surface area contributed by atoms with Crippen molar-refractivity contribution >= 4 is 65.8 Å². The van der Waals surface area contributed by atoms with Gasteiger partial charge in [0.2, 0.25) is 0 Å². The highest BCUT2D eigenvalue weighted by Gasteiger charge is 2.16. The molecule has 0 saturated carbocycles. The second-order valence-corrected chi connectivity index (χ2v) is 27.7. The highest BCUT2D eigenvalue weighted by Crippen LogP contribution is 2.40. The molecule has 3 heteroatoms. The molecule has 18 aromatic rings. The van der Waals surface area contributed by atoms with Gasteiger partial charge in [0.05, 0.1) is 0 Å². The lowest BCUT2D eigenvalue weighted by Crippen LogP contribution is -1.87. The Labute approximate surface area is 597 Å². The third-order valence-corrected chi connectivity index (χ3v) is 20.1. The molecule has 0 aliphatic rings. The van der Waals surface area contributed by atoms with Crippen molar-refractivity contribution in [3.63, 3.8) is 0 Å². The molecule has 0 atom stereocenters. The Morgan fingerprint density at radius 1 is 0.167 bits per heavy atom. The van der Waals surface area contributed by atoms with Crippen LogP contribution >= 0.6 is 0 Å². The Kier molecular flexibility index (Phi) is 17.8. The molecule has 102 heavy (non-hydrogen) atoms. The number of furan rings is 3. The predicted molar refractivity (Wildman–Crippen MR) is 432 cm³/mol. The van der Waals surface area contributed by atoms with Crippen LogP contribution in [0.4, 0.5) is 0 Å². The first kappa shape index (κ1) is 64.4. The minimum Gasteiger partial charge on any atom is -0.456 e. The van der Waals surface area contributed by atoms with E-state index in [4.69, 9.17) is 13.3 Å². The van der Waals surface area contributed by atoms with Crippen LogP contribution in [0.5, 0.6) is 0 Å². The number of fused-ring (bicyclic) bond motifs is 9. The normalized spacial score (nSPS) is 11.5. The zero-order chi connectivity index (χ0) is 69.2. The molecule has 0 amide bonds. The number of para-hydroxylation sites is 4. The van der Waals surface area contributed by atoms with Gasteiger partial charge in [-0.25, -0.2) is 0 Å². The van der Waals surface area contributed by atoms with Crippen molar-refractivity contribution in [3.05, 3.63) is 362 Å². The number of hydrogen-bond acceptors (Lipinski definition) is 3. The van der Waals surface area contributed by atoms with Gasteiger partial charge in [-0.2, -0.15) is 0 Å². The molecule has 3 nitrogen and oxygen atoms in total. The molecule has 15 aromatic carbocycles. The maximum Gasteiger partial charge on any atom is 0.143 e. The molecule has 0 unspecified atom stereocenters. The van der Waals surface area contributed by atoms with E-state index in [2.05, 4.69) is 351 Å². The fourth-order valence-corrected chi connectivity index (χ4v) is 14.2. The van der Waals surface area contributed by atoms with E-state index in [0.29, 0.717) is 17.8 Å². The van der Waals surface area contributed by atoms with Gasteiger partial charge in [-0.05, 0) is 190 Å². The van der Waals surface area contributed by atoms with Crippen LogP contribution in [-0.2, 0) is 0 Å². The molecule has 0 spiro atoms. The molecule has 3 aromatic heterocycles. The second kappa shape index (κ2) is 28.1. The monoisotopic (exact) mass is 1310 g/mol. The van der Waals surface area contributed by atoms with Crippen LogP contribution in [0.3, 0.4) is 0 Å². The lowest BCUT2D eigenvalue weighted by molar-refractivity contribution is 0.668. The van der Waals surface area contributed by atoms with Gasteiger partial charge in [0.1, 0.15) is 33.5 Å². The van der Waals surface area contributed by atoms with Crippen LogP contribution < -0.4 is 0 Å². The van der Waals surface area contributed by atoms with E-state index in [1.807, 2.05) is 36.4 Å². The predicted octanol–water partition coefficient (Wildman–Crippen LogP) is 29.1. The molecule has 0 bridgehead atoms. The van der Waals surface area contributed by atoms with Gasteiger partial charge in [0.15, 0.2) is 0 Å². The molecular formula is C99H78O3. The molecule has 0 aliphatic carbocycles. The van der Waals surface area contributed by atoms with Crippen molar-refractivity contribution in [2.24, 2.45) is 0 Å². The Bertz CT molecular complexity index is 5960. The zero-order valence-electron chi connectivity index (χ0n) is 58.4. The van der Waals surface area contributed by atoms with Crippen molar-refractivity contribution in [3.8, 4) is 100 Å². The van der Waals surface area contributed by atoms with E-state index in [9.17, 15) is 0 Å². The molecule has 0 aliphatic heterocycles. The molecule has 18 rings (SSSR count). The SMILES string of the molecule is CC(C)c1ccc(-c2ccc(-c3cccc(-c4ccc5c(c4)oc4ccccc45)c3)cc2)cc1.CC(C)c1ccc(-c2ccc(-c3cccc(-c4ccc5oc6ccccc6c5c4)c3)cc2)cc1.CC(C)c1ccc(-c2ccc(-c3cccc(-c4cccc5c4oc4ccccc45)c3)cc2)cc1. The smallest absolute Gasteiger partial charge is 0.143 e. The van der Waals surface area contributed by atoms with Crippen LogP contribution in [0.15, 0.2) is 359 Å².